The Morgan fingerprint density at radius 3 is 2.56 bits per heavy atom. The lowest BCUT2D eigenvalue weighted by Crippen LogP contribution is -2.30. The van der Waals surface area contributed by atoms with Crippen LogP contribution in [0.1, 0.15) is 71.6 Å². The number of Topliss-reactive ketones (excluding diaryl/α,β-unsaturated/α-hetero) is 1. The molecule has 2 nitrogen and oxygen atoms in total. The average Bonchev–Trinajstić information content (AvgIpc) is 2.96. The predicted octanol–water partition coefficient (Wildman–Crippen LogP) is 4.12. The minimum absolute atomic E-state index is 0.0345. The third kappa shape index (κ3) is 3.34. The molecule has 0 aromatic rings. The molecule has 0 amide bonds. The zero-order chi connectivity index (χ0) is 13.0. The largest absolute Gasteiger partial charge is 0.378 e. The lowest BCUT2D eigenvalue weighted by molar-refractivity contribution is -0.130. The summed E-state index contributed by atoms with van der Waals surface area (Å²) in [5.74, 6) is 1.17. The van der Waals surface area contributed by atoms with E-state index in [0.29, 0.717) is 17.8 Å². The fraction of sp³-hybridized carbons (Fsp3) is 0.938. The van der Waals surface area contributed by atoms with Gasteiger partial charge in [-0.25, -0.2) is 0 Å². The number of ketones is 1. The monoisotopic (exact) mass is 252 g/mol. The second-order valence-corrected chi connectivity index (χ2v) is 6.68. The minimum atomic E-state index is 0.0345. The molecule has 0 N–H and O–H groups in total. The molecule has 1 aliphatic carbocycles. The van der Waals surface area contributed by atoms with E-state index >= 15 is 0 Å². The van der Waals surface area contributed by atoms with Gasteiger partial charge in [-0.1, -0.05) is 26.7 Å². The third-order valence-electron chi connectivity index (χ3n) is 4.67. The molecule has 0 aromatic carbocycles. The van der Waals surface area contributed by atoms with Gasteiger partial charge in [0.15, 0.2) is 0 Å². The molecule has 1 saturated heterocycles. The summed E-state index contributed by atoms with van der Waals surface area (Å²) < 4.78 is 5.63. The van der Waals surface area contributed by atoms with Crippen molar-refractivity contribution in [2.45, 2.75) is 77.7 Å². The predicted molar refractivity (Wildman–Crippen MR) is 73.6 cm³/mol. The van der Waals surface area contributed by atoms with E-state index in [1.807, 2.05) is 0 Å². The van der Waals surface area contributed by atoms with Crippen LogP contribution in [0.25, 0.3) is 0 Å². The van der Waals surface area contributed by atoms with Crippen molar-refractivity contribution in [3.8, 4) is 0 Å². The highest BCUT2D eigenvalue weighted by Crippen LogP contribution is 2.45. The Kier molecular flexibility index (Phi) is 4.83. The maximum absolute atomic E-state index is 12.6. The highest BCUT2D eigenvalue weighted by molar-refractivity contribution is 5.85. The first-order chi connectivity index (χ1) is 8.62. The summed E-state index contributed by atoms with van der Waals surface area (Å²) in [6, 6.07) is 0. The molecule has 104 valence electrons. The van der Waals surface area contributed by atoms with Gasteiger partial charge in [-0.2, -0.15) is 0 Å². The van der Waals surface area contributed by atoms with E-state index in [4.69, 9.17) is 4.74 Å². The summed E-state index contributed by atoms with van der Waals surface area (Å²) in [4.78, 5) is 12.6. The van der Waals surface area contributed by atoms with Crippen LogP contribution in [-0.4, -0.2) is 18.5 Å². The molecule has 1 unspecified atom stereocenters. The van der Waals surface area contributed by atoms with Crippen molar-refractivity contribution >= 4 is 5.78 Å². The van der Waals surface area contributed by atoms with E-state index in [1.54, 1.807) is 0 Å². The molecule has 0 spiro atoms. The summed E-state index contributed by atoms with van der Waals surface area (Å²) >= 11 is 0. The number of carbonyl (C=O) groups is 1. The molecule has 1 saturated carbocycles. The normalized spacial score (nSPS) is 26.9. The Hall–Kier alpha value is -0.370. The van der Waals surface area contributed by atoms with Crippen molar-refractivity contribution in [2.24, 2.45) is 11.3 Å². The first-order valence-corrected chi connectivity index (χ1v) is 7.77. The molecule has 0 radical (unpaired) electrons. The Bertz CT molecular complexity index is 271. The second kappa shape index (κ2) is 6.18. The fourth-order valence-electron chi connectivity index (χ4n) is 3.86. The molecule has 2 fully saturated rings. The van der Waals surface area contributed by atoms with E-state index in [9.17, 15) is 4.79 Å². The van der Waals surface area contributed by atoms with E-state index in [0.717, 1.165) is 45.1 Å². The van der Waals surface area contributed by atoms with Crippen molar-refractivity contribution in [1.29, 1.82) is 0 Å². The molecular weight excluding hydrogens is 224 g/mol. The average molecular weight is 252 g/mol. The van der Waals surface area contributed by atoms with E-state index in [1.165, 1.54) is 19.3 Å². The summed E-state index contributed by atoms with van der Waals surface area (Å²) in [5, 5.41) is 0. The Morgan fingerprint density at radius 2 is 2.00 bits per heavy atom. The van der Waals surface area contributed by atoms with Gasteiger partial charge in [0.1, 0.15) is 5.78 Å². The van der Waals surface area contributed by atoms with Gasteiger partial charge in [0.05, 0.1) is 6.10 Å². The Balaban J connectivity index is 1.87. The lowest BCUT2D eigenvalue weighted by Gasteiger charge is -2.29. The smallest absolute Gasteiger partial charge is 0.139 e. The van der Waals surface area contributed by atoms with Crippen LogP contribution in [0.5, 0.6) is 0 Å². The standard InChI is InChI=1S/C16H28O2/c1-13(2)12-16(9-3-4-10-16)15(17)8-7-14-6-5-11-18-14/h13-14H,3-12H2,1-2H3. The second-order valence-electron chi connectivity index (χ2n) is 6.68. The van der Waals surface area contributed by atoms with Gasteiger partial charge in [0.25, 0.3) is 0 Å². The van der Waals surface area contributed by atoms with Crippen molar-refractivity contribution in [3.05, 3.63) is 0 Å². The Labute approximate surface area is 111 Å². The number of hydrogen-bond acceptors (Lipinski definition) is 2. The molecule has 2 heteroatoms. The van der Waals surface area contributed by atoms with Crippen LogP contribution in [0.15, 0.2) is 0 Å². The van der Waals surface area contributed by atoms with E-state index < -0.39 is 0 Å². The topological polar surface area (TPSA) is 26.3 Å². The Morgan fingerprint density at radius 1 is 1.28 bits per heavy atom. The highest BCUT2D eigenvalue weighted by Gasteiger charge is 2.40. The van der Waals surface area contributed by atoms with Gasteiger partial charge in [0, 0.05) is 18.4 Å². The fourth-order valence-corrected chi connectivity index (χ4v) is 3.86. The molecule has 1 atom stereocenters. The van der Waals surface area contributed by atoms with Gasteiger partial charge >= 0.3 is 0 Å². The van der Waals surface area contributed by atoms with Gasteiger partial charge in [-0.15, -0.1) is 0 Å². The lowest BCUT2D eigenvalue weighted by atomic mass is 9.73. The number of hydrogen-bond donors (Lipinski definition) is 0. The number of ether oxygens (including phenoxy) is 1. The molecule has 1 heterocycles. The van der Waals surface area contributed by atoms with Gasteiger partial charge in [0.2, 0.25) is 0 Å². The van der Waals surface area contributed by atoms with E-state index in [2.05, 4.69) is 13.8 Å². The number of rotatable bonds is 6. The zero-order valence-electron chi connectivity index (χ0n) is 12.0. The van der Waals surface area contributed by atoms with Crippen LogP contribution in [0.3, 0.4) is 0 Å². The molecule has 0 bridgehead atoms. The number of carbonyl (C=O) groups excluding carboxylic acids is 1. The first kappa shape index (κ1) is 14.0. The van der Waals surface area contributed by atoms with Crippen LogP contribution >= 0.6 is 0 Å². The maximum Gasteiger partial charge on any atom is 0.139 e. The van der Waals surface area contributed by atoms with Gasteiger partial charge < -0.3 is 4.74 Å². The summed E-state index contributed by atoms with van der Waals surface area (Å²) in [5.41, 5.74) is 0.0345. The van der Waals surface area contributed by atoms with Crippen LogP contribution in [0, 0.1) is 11.3 Å². The molecule has 2 rings (SSSR count). The molecule has 0 aromatic heterocycles. The SMILES string of the molecule is CC(C)CC1(C(=O)CCC2CCCO2)CCCC1. The maximum atomic E-state index is 12.6. The quantitative estimate of drug-likeness (QED) is 0.710. The van der Waals surface area contributed by atoms with Gasteiger partial charge in [-0.3, -0.25) is 4.79 Å². The van der Waals surface area contributed by atoms with Crippen molar-refractivity contribution < 1.29 is 9.53 Å². The summed E-state index contributed by atoms with van der Waals surface area (Å²) in [6.45, 7) is 5.39. The minimum Gasteiger partial charge on any atom is -0.378 e. The summed E-state index contributed by atoms with van der Waals surface area (Å²) in [7, 11) is 0. The zero-order valence-corrected chi connectivity index (χ0v) is 12.0. The van der Waals surface area contributed by atoms with Crippen LogP contribution in [-0.2, 0) is 9.53 Å². The summed E-state index contributed by atoms with van der Waals surface area (Å²) in [6.07, 6.45) is 10.3. The van der Waals surface area contributed by atoms with Crippen molar-refractivity contribution in [3.63, 3.8) is 0 Å². The molecule has 1 aliphatic heterocycles. The first-order valence-electron chi connectivity index (χ1n) is 7.77. The van der Waals surface area contributed by atoms with Crippen molar-refractivity contribution in [1.82, 2.24) is 0 Å². The van der Waals surface area contributed by atoms with E-state index in [-0.39, 0.29) is 5.41 Å². The van der Waals surface area contributed by atoms with Crippen LogP contribution < -0.4 is 0 Å². The van der Waals surface area contributed by atoms with Crippen LogP contribution in [0.4, 0.5) is 0 Å². The van der Waals surface area contributed by atoms with Crippen LogP contribution in [0.2, 0.25) is 0 Å². The van der Waals surface area contributed by atoms with Crippen molar-refractivity contribution in [2.75, 3.05) is 6.61 Å². The van der Waals surface area contributed by atoms with Gasteiger partial charge in [-0.05, 0) is 44.4 Å². The highest BCUT2D eigenvalue weighted by atomic mass is 16.5. The molecule has 18 heavy (non-hydrogen) atoms. The molecule has 2 aliphatic rings. The molecular formula is C16H28O2. The third-order valence-corrected chi connectivity index (χ3v) is 4.67.